The maximum atomic E-state index is 12.5. The van der Waals surface area contributed by atoms with Crippen LogP contribution < -0.4 is 0 Å². The van der Waals surface area contributed by atoms with E-state index in [1.807, 2.05) is 31.2 Å². The van der Waals surface area contributed by atoms with Crippen LogP contribution in [0.25, 0.3) is 0 Å². The van der Waals surface area contributed by atoms with Crippen molar-refractivity contribution in [2.75, 3.05) is 0 Å². The lowest BCUT2D eigenvalue weighted by molar-refractivity contribution is 0.132. The third-order valence-corrected chi connectivity index (χ3v) is 2.75. The van der Waals surface area contributed by atoms with Crippen LogP contribution in [-0.2, 0) is 11.4 Å². The number of alkyl halides is 2. The topological polar surface area (TPSA) is 21.6 Å². The van der Waals surface area contributed by atoms with E-state index in [0.29, 0.717) is 12.2 Å². The highest BCUT2D eigenvalue weighted by molar-refractivity contribution is 5.79. The van der Waals surface area contributed by atoms with Crippen molar-refractivity contribution < 1.29 is 13.6 Å². The Morgan fingerprint density at radius 2 is 1.95 bits per heavy atom. The van der Waals surface area contributed by atoms with E-state index < -0.39 is 6.43 Å². The Morgan fingerprint density at radius 3 is 2.70 bits per heavy atom. The largest absolute Gasteiger partial charge is 0.391 e. The first-order valence-electron chi connectivity index (χ1n) is 6.24. The Bertz CT molecular complexity index is 597. The van der Waals surface area contributed by atoms with Gasteiger partial charge in [0.15, 0.2) is 0 Å². The number of halogens is 2. The third kappa shape index (κ3) is 4.16. The lowest BCUT2D eigenvalue weighted by atomic mass is 10.1. The zero-order chi connectivity index (χ0) is 14.4. The van der Waals surface area contributed by atoms with Gasteiger partial charge in [-0.3, -0.25) is 0 Å². The van der Waals surface area contributed by atoms with Crippen LogP contribution in [0.1, 0.15) is 28.7 Å². The van der Waals surface area contributed by atoms with Gasteiger partial charge >= 0.3 is 0 Å². The zero-order valence-corrected chi connectivity index (χ0v) is 11.1. The van der Waals surface area contributed by atoms with Crippen molar-refractivity contribution in [2.24, 2.45) is 5.16 Å². The van der Waals surface area contributed by atoms with Gasteiger partial charge in [-0.2, -0.15) is 0 Å². The molecule has 0 bridgehead atoms. The van der Waals surface area contributed by atoms with Gasteiger partial charge in [0, 0.05) is 5.56 Å². The van der Waals surface area contributed by atoms with Crippen molar-refractivity contribution in [3.8, 4) is 0 Å². The summed E-state index contributed by atoms with van der Waals surface area (Å²) in [6.07, 6.45) is -1.04. The fourth-order valence-electron chi connectivity index (χ4n) is 1.79. The highest BCUT2D eigenvalue weighted by atomic mass is 19.3. The fourth-order valence-corrected chi connectivity index (χ4v) is 1.79. The van der Waals surface area contributed by atoms with Crippen LogP contribution in [0.4, 0.5) is 8.78 Å². The number of nitrogens with zero attached hydrogens (tertiary/aromatic N) is 1. The summed E-state index contributed by atoms with van der Waals surface area (Å²) in [5.74, 6) is 0. The fraction of sp³-hybridized carbons (Fsp3) is 0.188. The van der Waals surface area contributed by atoms with Crippen LogP contribution in [0, 0.1) is 6.92 Å². The van der Waals surface area contributed by atoms with Crippen molar-refractivity contribution in [3.63, 3.8) is 0 Å². The molecular weight excluding hydrogens is 260 g/mol. The maximum Gasteiger partial charge on any atom is 0.263 e. The molecule has 0 aromatic heterocycles. The van der Waals surface area contributed by atoms with E-state index in [0.717, 1.165) is 11.1 Å². The Hall–Kier alpha value is -2.23. The van der Waals surface area contributed by atoms with Gasteiger partial charge in [-0.1, -0.05) is 53.2 Å². The van der Waals surface area contributed by atoms with Crippen LogP contribution in [0.2, 0.25) is 0 Å². The summed E-state index contributed by atoms with van der Waals surface area (Å²) in [6.45, 7) is 2.36. The molecule has 0 atom stereocenters. The van der Waals surface area contributed by atoms with Crippen LogP contribution in [0.5, 0.6) is 0 Å². The molecule has 2 aromatic carbocycles. The minimum atomic E-state index is -2.48. The molecule has 0 radical (unpaired) electrons. The first-order chi connectivity index (χ1) is 9.65. The number of hydrogen-bond donors (Lipinski definition) is 0. The minimum absolute atomic E-state index is 0.0207. The van der Waals surface area contributed by atoms with E-state index in [2.05, 4.69) is 5.16 Å². The summed E-state index contributed by atoms with van der Waals surface area (Å²) < 4.78 is 25.0. The average molecular weight is 275 g/mol. The molecule has 0 aliphatic heterocycles. The van der Waals surface area contributed by atoms with Gasteiger partial charge in [-0.25, -0.2) is 8.78 Å². The molecule has 0 fully saturated rings. The van der Waals surface area contributed by atoms with Crippen molar-refractivity contribution in [1.29, 1.82) is 0 Å². The molecule has 0 saturated heterocycles. The summed E-state index contributed by atoms with van der Waals surface area (Å²) in [7, 11) is 0. The highest BCUT2D eigenvalue weighted by Crippen LogP contribution is 2.18. The molecule has 0 amide bonds. The minimum Gasteiger partial charge on any atom is -0.391 e. The van der Waals surface area contributed by atoms with Gasteiger partial charge in [0.2, 0.25) is 0 Å². The number of hydrogen-bond acceptors (Lipinski definition) is 2. The molecule has 0 saturated carbocycles. The third-order valence-electron chi connectivity index (χ3n) is 2.75. The van der Waals surface area contributed by atoms with Crippen LogP contribution in [-0.4, -0.2) is 6.21 Å². The molecule has 20 heavy (non-hydrogen) atoms. The molecule has 2 aromatic rings. The second-order valence-electron chi connectivity index (χ2n) is 4.47. The molecule has 0 aliphatic rings. The number of benzene rings is 2. The van der Waals surface area contributed by atoms with E-state index in [1.54, 1.807) is 12.1 Å². The lowest BCUT2D eigenvalue weighted by Crippen LogP contribution is -1.90. The maximum absolute atomic E-state index is 12.5. The molecular formula is C16H15F2NO. The van der Waals surface area contributed by atoms with E-state index in [-0.39, 0.29) is 5.56 Å². The smallest absolute Gasteiger partial charge is 0.263 e. The van der Waals surface area contributed by atoms with Gasteiger partial charge in [0.1, 0.15) is 6.61 Å². The first-order valence-corrected chi connectivity index (χ1v) is 6.24. The molecule has 104 valence electrons. The molecule has 2 nitrogen and oxygen atoms in total. The van der Waals surface area contributed by atoms with Gasteiger partial charge in [-0.15, -0.1) is 0 Å². The summed E-state index contributed by atoms with van der Waals surface area (Å²) in [6, 6.07) is 14.0. The van der Waals surface area contributed by atoms with Crippen molar-refractivity contribution in [1.82, 2.24) is 0 Å². The van der Waals surface area contributed by atoms with Gasteiger partial charge in [0.25, 0.3) is 6.43 Å². The second-order valence-corrected chi connectivity index (χ2v) is 4.47. The SMILES string of the molecule is Cc1cccc(CON=Cc2cccc(C(F)F)c2)c1. The molecule has 2 rings (SSSR count). The Morgan fingerprint density at radius 1 is 1.15 bits per heavy atom. The number of rotatable bonds is 5. The predicted octanol–water partition coefficient (Wildman–Crippen LogP) is 4.48. The van der Waals surface area contributed by atoms with Gasteiger partial charge < -0.3 is 4.84 Å². The van der Waals surface area contributed by atoms with Crippen molar-refractivity contribution in [2.45, 2.75) is 20.0 Å². The molecule has 0 unspecified atom stereocenters. The van der Waals surface area contributed by atoms with Crippen LogP contribution in [0.3, 0.4) is 0 Å². The Balaban J connectivity index is 1.92. The molecule has 0 aliphatic carbocycles. The van der Waals surface area contributed by atoms with Gasteiger partial charge in [-0.05, 0) is 24.1 Å². The summed E-state index contributed by atoms with van der Waals surface area (Å²) in [5, 5.41) is 3.80. The summed E-state index contributed by atoms with van der Waals surface area (Å²) >= 11 is 0. The number of oxime groups is 1. The van der Waals surface area contributed by atoms with Crippen molar-refractivity contribution in [3.05, 3.63) is 70.8 Å². The molecule has 4 heteroatoms. The monoisotopic (exact) mass is 275 g/mol. The van der Waals surface area contributed by atoms with Crippen LogP contribution >= 0.6 is 0 Å². The predicted molar refractivity (Wildman–Crippen MR) is 75.0 cm³/mol. The van der Waals surface area contributed by atoms with E-state index >= 15 is 0 Å². The second kappa shape index (κ2) is 6.80. The normalized spacial score (nSPS) is 11.2. The average Bonchev–Trinajstić information content (AvgIpc) is 2.44. The molecule has 0 N–H and O–H groups in total. The highest BCUT2D eigenvalue weighted by Gasteiger charge is 2.05. The number of aryl methyl sites for hydroxylation is 1. The van der Waals surface area contributed by atoms with Crippen molar-refractivity contribution >= 4 is 6.21 Å². The van der Waals surface area contributed by atoms with Gasteiger partial charge in [0.05, 0.1) is 6.21 Å². The zero-order valence-electron chi connectivity index (χ0n) is 11.1. The standard InChI is InChI=1S/C16H15F2NO/c1-12-4-2-6-14(8-12)11-20-19-10-13-5-3-7-15(9-13)16(17)18/h2-10,16H,11H2,1H3. The first kappa shape index (κ1) is 14.2. The van der Waals surface area contributed by atoms with E-state index in [9.17, 15) is 8.78 Å². The lowest BCUT2D eigenvalue weighted by Gasteiger charge is -2.02. The molecule has 0 heterocycles. The molecule has 0 spiro atoms. The summed E-state index contributed by atoms with van der Waals surface area (Å²) in [5.41, 5.74) is 2.74. The summed E-state index contributed by atoms with van der Waals surface area (Å²) in [4.78, 5) is 5.16. The Labute approximate surface area is 116 Å². The van der Waals surface area contributed by atoms with E-state index in [4.69, 9.17) is 4.84 Å². The van der Waals surface area contributed by atoms with E-state index in [1.165, 1.54) is 18.3 Å². The Kier molecular flexibility index (Phi) is 4.82. The quantitative estimate of drug-likeness (QED) is 0.582. The van der Waals surface area contributed by atoms with Crippen LogP contribution in [0.15, 0.2) is 53.7 Å².